The fraction of sp³-hybridized carbons (Fsp3) is 0.769. The predicted molar refractivity (Wildman–Crippen MR) is 62.9 cm³/mol. The molecule has 1 fully saturated rings. The summed E-state index contributed by atoms with van der Waals surface area (Å²) in [5, 5.41) is 9.07. The van der Waals surface area contributed by atoms with Crippen molar-refractivity contribution in [3.8, 4) is 0 Å². The molecule has 1 saturated carbocycles. The van der Waals surface area contributed by atoms with Gasteiger partial charge in [0.2, 0.25) is 0 Å². The molecule has 0 aromatic carbocycles. The van der Waals surface area contributed by atoms with Crippen LogP contribution >= 0.6 is 0 Å². The third kappa shape index (κ3) is 1.15. The monoisotopic (exact) mass is 223 g/mol. The first-order valence-corrected chi connectivity index (χ1v) is 6.08. The van der Waals surface area contributed by atoms with Crippen LogP contribution in [-0.4, -0.2) is 17.6 Å². The van der Waals surface area contributed by atoms with Gasteiger partial charge in [0.15, 0.2) is 0 Å². The van der Waals surface area contributed by atoms with Gasteiger partial charge in [-0.25, -0.2) is 0 Å². The number of carboxylic acid groups (broad SMARTS) is 1. The van der Waals surface area contributed by atoms with E-state index in [1.165, 1.54) is 11.1 Å². The minimum absolute atomic E-state index is 0.158. The standard InChI is InChI=1S/C13H21NO2/c1-4-9-11-7(2)8(3)12(11)13(9,6-14)5-10(15)16/h9,11-12H,4-6,14H2,1-3H3,(H,15,16)/t9?,11-,12?,13-/m0/s1. The van der Waals surface area contributed by atoms with E-state index >= 15 is 0 Å². The van der Waals surface area contributed by atoms with E-state index in [1.807, 2.05) is 0 Å². The Morgan fingerprint density at radius 1 is 1.44 bits per heavy atom. The fourth-order valence-corrected chi connectivity index (χ4v) is 4.26. The van der Waals surface area contributed by atoms with Crippen LogP contribution in [0.25, 0.3) is 0 Å². The van der Waals surface area contributed by atoms with Gasteiger partial charge in [-0.1, -0.05) is 24.5 Å². The lowest BCUT2D eigenvalue weighted by Crippen LogP contribution is -2.65. The summed E-state index contributed by atoms with van der Waals surface area (Å²) in [6.45, 7) is 6.96. The molecule has 2 rings (SSSR count). The summed E-state index contributed by atoms with van der Waals surface area (Å²) in [7, 11) is 0. The molecular formula is C13H21NO2. The summed E-state index contributed by atoms with van der Waals surface area (Å²) in [5.74, 6) is 0.827. The van der Waals surface area contributed by atoms with Crippen LogP contribution in [0.3, 0.4) is 0 Å². The van der Waals surface area contributed by atoms with Crippen molar-refractivity contribution in [2.45, 2.75) is 33.6 Å². The second kappa shape index (κ2) is 3.59. The van der Waals surface area contributed by atoms with Gasteiger partial charge in [-0.2, -0.15) is 0 Å². The predicted octanol–water partition coefficient (Wildman–Crippen LogP) is 2.03. The highest BCUT2D eigenvalue weighted by atomic mass is 16.4. The maximum atomic E-state index is 11.0. The Morgan fingerprint density at radius 2 is 2.06 bits per heavy atom. The molecule has 0 aliphatic heterocycles. The molecule has 0 saturated heterocycles. The Kier molecular flexibility index (Phi) is 2.61. The van der Waals surface area contributed by atoms with E-state index in [0.29, 0.717) is 24.3 Å². The number of hydrogen-bond donors (Lipinski definition) is 2. The first kappa shape index (κ1) is 11.6. The summed E-state index contributed by atoms with van der Waals surface area (Å²) in [6, 6.07) is 0. The summed E-state index contributed by atoms with van der Waals surface area (Å²) in [5.41, 5.74) is 8.60. The summed E-state index contributed by atoms with van der Waals surface area (Å²) in [6.07, 6.45) is 1.27. The van der Waals surface area contributed by atoms with Crippen molar-refractivity contribution in [2.75, 3.05) is 6.54 Å². The van der Waals surface area contributed by atoms with Crippen LogP contribution in [0.15, 0.2) is 11.1 Å². The van der Waals surface area contributed by atoms with Crippen molar-refractivity contribution < 1.29 is 9.90 Å². The molecule has 0 amide bonds. The SMILES string of the molecule is CCC1[C@@H]2C(C)=C(C)C2[C@]1(CN)CC(=O)O. The Morgan fingerprint density at radius 3 is 2.50 bits per heavy atom. The van der Waals surface area contributed by atoms with Crippen LogP contribution in [0.4, 0.5) is 0 Å². The number of rotatable bonds is 4. The van der Waals surface area contributed by atoms with Crippen LogP contribution in [0.2, 0.25) is 0 Å². The van der Waals surface area contributed by atoms with Crippen LogP contribution in [0.1, 0.15) is 33.6 Å². The van der Waals surface area contributed by atoms with Crippen LogP contribution < -0.4 is 5.73 Å². The van der Waals surface area contributed by atoms with Crippen LogP contribution in [0.5, 0.6) is 0 Å². The van der Waals surface area contributed by atoms with E-state index < -0.39 is 5.97 Å². The highest BCUT2D eigenvalue weighted by Gasteiger charge is 2.65. The molecule has 3 N–H and O–H groups in total. The van der Waals surface area contributed by atoms with Gasteiger partial charge in [0, 0.05) is 5.41 Å². The molecule has 0 aromatic heterocycles. The zero-order valence-corrected chi connectivity index (χ0v) is 10.3. The molecule has 2 aliphatic rings. The van der Waals surface area contributed by atoms with Gasteiger partial charge in [-0.05, 0) is 38.1 Å². The fourth-order valence-electron chi connectivity index (χ4n) is 4.26. The largest absolute Gasteiger partial charge is 0.481 e. The Bertz CT molecular complexity index is 361. The molecule has 3 nitrogen and oxygen atoms in total. The molecule has 2 unspecified atom stereocenters. The Labute approximate surface area is 96.7 Å². The average molecular weight is 223 g/mol. The van der Waals surface area contributed by atoms with Crippen LogP contribution in [0, 0.1) is 23.2 Å². The zero-order chi connectivity index (χ0) is 12.1. The summed E-state index contributed by atoms with van der Waals surface area (Å²) < 4.78 is 0. The molecule has 0 bridgehead atoms. The van der Waals surface area contributed by atoms with Gasteiger partial charge >= 0.3 is 5.97 Å². The number of carbonyl (C=O) groups is 1. The smallest absolute Gasteiger partial charge is 0.303 e. The normalized spacial score (nSPS) is 41.1. The quantitative estimate of drug-likeness (QED) is 0.717. The molecular weight excluding hydrogens is 202 g/mol. The molecule has 0 radical (unpaired) electrons. The number of carboxylic acids is 1. The van der Waals surface area contributed by atoms with Crippen molar-refractivity contribution in [1.29, 1.82) is 0 Å². The zero-order valence-electron chi connectivity index (χ0n) is 10.3. The average Bonchev–Trinajstić information content (AvgIpc) is 2.23. The maximum absolute atomic E-state index is 11.0. The molecule has 0 spiro atoms. The highest BCUT2D eigenvalue weighted by molar-refractivity contribution is 5.69. The van der Waals surface area contributed by atoms with Crippen molar-refractivity contribution in [2.24, 2.45) is 28.9 Å². The molecule has 16 heavy (non-hydrogen) atoms. The number of allylic oxidation sites excluding steroid dienone is 2. The van der Waals surface area contributed by atoms with Crippen molar-refractivity contribution in [3.63, 3.8) is 0 Å². The number of nitrogens with two attached hydrogens (primary N) is 1. The lowest BCUT2D eigenvalue weighted by atomic mass is 9.36. The lowest BCUT2D eigenvalue weighted by molar-refractivity contribution is -0.156. The van der Waals surface area contributed by atoms with Crippen molar-refractivity contribution >= 4 is 5.97 Å². The second-order valence-electron chi connectivity index (χ2n) is 5.39. The van der Waals surface area contributed by atoms with E-state index in [2.05, 4.69) is 20.8 Å². The lowest BCUT2D eigenvalue weighted by Gasteiger charge is -2.68. The van der Waals surface area contributed by atoms with Gasteiger partial charge in [0.25, 0.3) is 0 Å². The number of aliphatic carboxylic acids is 1. The molecule has 90 valence electrons. The Hall–Kier alpha value is -0.830. The highest BCUT2D eigenvalue weighted by Crippen LogP contribution is 2.69. The molecule has 3 heteroatoms. The Balaban J connectivity index is 2.30. The first-order valence-electron chi connectivity index (χ1n) is 6.08. The van der Waals surface area contributed by atoms with Crippen molar-refractivity contribution in [1.82, 2.24) is 0 Å². The van der Waals surface area contributed by atoms with Gasteiger partial charge in [0.1, 0.15) is 0 Å². The molecule has 0 heterocycles. The van der Waals surface area contributed by atoms with Gasteiger partial charge in [-0.3, -0.25) is 4.79 Å². The third-order valence-corrected chi connectivity index (χ3v) is 5.04. The van der Waals surface area contributed by atoms with Gasteiger partial charge in [0.05, 0.1) is 6.42 Å². The minimum Gasteiger partial charge on any atom is -0.481 e. The molecule has 2 aliphatic carbocycles. The molecule has 0 aromatic rings. The summed E-state index contributed by atoms with van der Waals surface area (Å²) in [4.78, 5) is 11.0. The number of hydrogen-bond acceptors (Lipinski definition) is 2. The van der Waals surface area contributed by atoms with E-state index in [4.69, 9.17) is 10.8 Å². The van der Waals surface area contributed by atoms with E-state index in [1.54, 1.807) is 0 Å². The van der Waals surface area contributed by atoms with Crippen LogP contribution in [-0.2, 0) is 4.79 Å². The van der Waals surface area contributed by atoms with Gasteiger partial charge in [-0.15, -0.1) is 0 Å². The summed E-state index contributed by atoms with van der Waals surface area (Å²) >= 11 is 0. The van der Waals surface area contributed by atoms with Gasteiger partial charge < -0.3 is 10.8 Å². The van der Waals surface area contributed by atoms with E-state index in [-0.39, 0.29) is 11.8 Å². The minimum atomic E-state index is -0.709. The van der Waals surface area contributed by atoms with Crippen molar-refractivity contribution in [3.05, 3.63) is 11.1 Å². The number of fused-ring (bicyclic) bond motifs is 1. The first-order chi connectivity index (χ1) is 7.49. The second-order valence-corrected chi connectivity index (χ2v) is 5.39. The molecule has 4 atom stereocenters. The van der Waals surface area contributed by atoms with E-state index in [0.717, 1.165) is 6.42 Å². The third-order valence-electron chi connectivity index (χ3n) is 5.04. The topological polar surface area (TPSA) is 63.3 Å². The van der Waals surface area contributed by atoms with E-state index in [9.17, 15) is 4.79 Å². The maximum Gasteiger partial charge on any atom is 0.303 e.